The molecule has 2 aliphatic rings. The fourth-order valence-corrected chi connectivity index (χ4v) is 3.38. The number of nitrogens with one attached hydrogen (secondary N) is 1. The first-order chi connectivity index (χ1) is 10.1. The summed E-state index contributed by atoms with van der Waals surface area (Å²) in [6.07, 6.45) is 7.50. The first kappa shape index (κ1) is 16.8. The number of carbonyl (C=O) groups is 1. The Balaban J connectivity index is 1.95. The molecule has 0 aromatic carbocycles. The predicted molar refractivity (Wildman–Crippen MR) is 85.3 cm³/mol. The summed E-state index contributed by atoms with van der Waals surface area (Å²) < 4.78 is 5.32. The molecule has 0 aromatic rings. The van der Waals surface area contributed by atoms with E-state index in [4.69, 9.17) is 4.74 Å². The maximum Gasteiger partial charge on any atom is 0.327 e. The molecule has 122 valence electrons. The highest BCUT2D eigenvalue weighted by Crippen LogP contribution is 2.26. The Hall–Kier alpha value is -0.610. The smallest absolute Gasteiger partial charge is 0.327 e. The van der Waals surface area contributed by atoms with Crippen molar-refractivity contribution >= 4 is 5.97 Å². The van der Waals surface area contributed by atoms with Crippen LogP contribution in [0.15, 0.2) is 0 Å². The minimum absolute atomic E-state index is 0.0896. The van der Waals surface area contributed by atoms with Crippen molar-refractivity contribution in [2.24, 2.45) is 5.92 Å². The van der Waals surface area contributed by atoms with Gasteiger partial charge in [-0.2, -0.15) is 0 Å². The maximum absolute atomic E-state index is 12.4. The standard InChI is InChI=1S/C17H32N2O2/c1-4-14-7-6-11-19(12-10-14)13-17(3,16(20)21-5-2)18-15-8-9-15/h14-15,18H,4-13H2,1-3H3. The van der Waals surface area contributed by atoms with E-state index in [1.54, 1.807) is 0 Å². The van der Waals surface area contributed by atoms with Crippen molar-refractivity contribution in [3.05, 3.63) is 0 Å². The fourth-order valence-electron chi connectivity index (χ4n) is 3.38. The second-order valence-electron chi connectivity index (χ2n) is 6.95. The van der Waals surface area contributed by atoms with E-state index in [1.165, 1.54) is 38.5 Å². The molecule has 2 rings (SSSR count). The van der Waals surface area contributed by atoms with Crippen molar-refractivity contribution in [3.8, 4) is 0 Å². The summed E-state index contributed by atoms with van der Waals surface area (Å²) in [5, 5.41) is 3.53. The molecule has 0 radical (unpaired) electrons. The van der Waals surface area contributed by atoms with Gasteiger partial charge in [0.1, 0.15) is 5.54 Å². The summed E-state index contributed by atoms with van der Waals surface area (Å²) in [6.45, 7) is 9.64. The van der Waals surface area contributed by atoms with Gasteiger partial charge in [-0.25, -0.2) is 0 Å². The van der Waals surface area contributed by atoms with Gasteiger partial charge in [0, 0.05) is 12.6 Å². The van der Waals surface area contributed by atoms with Crippen LogP contribution in [0.5, 0.6) is 0 Å². The SMILES string of the molecule is CCOC(=O)C(C)(CN1CCCC(CC)CC1)NC1CC1. The van der Waals surface area contributed by atoms with Crippen LogP contribution in [0.1, 0.15) is 59.3 Å². The minimum Gasteiger partial charge on any atom is -0.465 e. The Labute approximate surface area is 129 Å². The Morgan fingerprint density at radius 2 is 2.00 bits per heavy atom. The van der Waals surface area contributed by atoms with Gasteiger partial charge in [-0.3, -0.25) is 10.1 Å². The molecule has 4 heteroatoms. The molecule has 0 bridgehead atoms. The fraction of sp³-hybridized carbons (Fsp3) is 0.941. The van der Waals surface area contributed by atoms with Crippen molar-refractivity contribution in [3.63, 3.8) is 0 Å². The van der Waals surface area contributed by atoms with Crippen LogP contribution in [0.3, 0.4) is 0 Å². The van der Waals surface area contributed by atoms with E-state index in [2.05, 4.69) is 17.1 Å². The Morgan fingerprint density at radius 3 is 2.62 bits per heavy atom. The molecule has 0 aromatic heterocycles. The van der Waals surface area contributed by atoms with Crippen LogP contribution in [-0.4, -0.2) is 48.7 Å². The highest BCUT2D eigenvalue weighted by atomic mass is 16.5. The lowest BCUT2D eigenvalue weighted by Crippen LogP contribution is -2.58. The van der Waals surface area contributed by atoms with Gasteiger partial charge in [0.25, 0.3) is 0 Å². The van der Waals surface area contributed by atoms with Crippen LogP contribution in [0.4, 0.5) is 0 Å². The largest absolute Gasteiger partial charge is 0.465 e. The third-order valence-corrected chi connectivity index (χ3v) is 4.88. The van der Waals surface area contributed by atoms with Gasteiger partial charge in [-0.05, 0) is 65.0 Å². The van der Waals surface area contributed by atoms with E-state index in [-0.39, 0.29) is 5.97 Å². The molecule has 0 spiro atoms. The second kappa shape index (κ2) is 7.59. The summed E-state index contributed by atoms with van der Waals surface area (Å²) in [7, 11) is 0. The molecule has 1 N–H and O–H groups in total. The lowest BCUT2D eigenvalue weighted by Gasteiger charge is -2.34. The number of likely N-dealkylation sites (tertiary alicyclic amines) is 1. The molecule has 2 fully saturated rings. The Kier molecular flexibility index (Phi) is 6.06. The van der Waals surface area contributed by atoms with Crippen LogP contribution in [-0.2, 0) is 9.53 Å². The molecule has 1 aliphatic carbocycles. The molecule has 1 saturated heterocycles. The lowest BCUT2D eigenvalue weighted by atomic mass is 9.98. The van der Waals surface area contributed by atoms with Crippen molar-refractivity contribution < 1.29 is 9.53 Å². The highest BCUT2D eigenvalue weighted by Gasteiger charge is 2.41. The van der Waals surface area contributed by atoms with Gasteiger partial charge >= 0.3 is 5.97 Å². The number of rotatable bonds is 7. The Bertz CT molecular complexity index is 344. The first-order valence-corrected chi connectivity index (χ1v) is 8.74. The van der Waals surface area contributed by atoms with E-state index < -0.39 is 5.54 Å². The number of ether oxygens (including phenoxy) is 1. The van der Waals surface area contributed by atoms with Crippen LogP contribution >= 0.6 is 0 Å². The van der Waals surface area contributed by atoms with E-state index >= 15 is 0 Å². The van der Waals surface area contributed by atoms with Crippen LogP contribution in [0.25, 0.3) is 0 Å². The number of nitrogens with zero attached hydrogens (tertiary/aromatic N) is 1. The van der Waals surface area contributed by atoms with E-state index in [0.717, 1.165) is 25.6 Å². The number of carbonyl (C=O) groups excluding carboxylic acids is 1. The van der Waals surface area contributed by atoms with Gasteiger partial charge < -0.3 is 9.64 Å². The monoisotopic (exact) mass is 296 g/mol. The summed E-state index contributed by atoms with van der Waals surface area (Å²) in [5.74, 6) is 0.772. The van der Waals surface area contributed by atoms with Gasteiger partial charge in [-0.15, -0.1) is 0 Å². The van der Waals surface area contributed by atoms with Crippen molar-refractivity contribution in [2.75, 3.05) is 26.2 Å². The quantitative estimate of drug-likeness (QED) is 0.733. The first-order valence-electron chi connectivity index (χ1n) is 8.74. The molecule has 0 amide bonds. The zero-order valence-electron chi connectivity index (χ0n) is 14.0. The summed E-state index contributed by atoms with van der Waals surface area (Å²) in [4.78, 5) is 14.9. The van der Waals surface area contributed by atoms with Crippen molar-refractivity contribution in [1.82, 2.24) is 10.2 Å². The van der Waals surface area contributed by atoms with Crippen LogP contribution in [0.2, 0.25) is 0 Å². The van der Waals surface area contributed by atoms with Gasteiger partial charge in [-0.1, -0.05) is 13.3 Å². The zero-order chi connectivity index (χ0) is 15.3. The third kappa shape index (κ3) is 4.96. The van der Waals surface area contributed by atoms with Gasteiger partial charge in [0.2, 0.25) is 0 Å². The van der Waals surface area contributed by atoms with Crippen LogP contribution < -0.4 is 5.32 Å². The van der Waals surface area contributed by atoms with Crippen molar-refractivity contribution in [2.45, 2.75) is 70.9 Å². The molecular formula is C17H32N2O2. The molecule has 1 saturated carbocycles. The van der Waals surface area contributed by atoms with Gasteiger partial charge in [0.15, 0.2) is 0 Å². The molecule has 1 heterocycles. The minimum atomic E-state index is -0.552. The predicted octanol–water partition coefficient (Wildman–Crippen LogP) is 2.57. The summed E-state index contributed by atoms with van der Waals surface area (Å²) in [5.41, 5.74) is -0.552. The summed E-state index contributed by atoms with van der Waals surface area (Å²) in [6, 6.07) is 0.509. The van der Waals surface area contributed by atoms with E-state index in [9.17, 15) is 4.79 Å². The summed E-state index contributed by atoms with van der Waals surface area (Å²) >= 11 is 0. The van der Waals surface area contributed by atoms with E-state index in [1.807, 2.05) is 13.8 Å². The molecule has 21 heavy (non-hydrogen) atoms. The topological polar surface area (TPSA) is 41.6 Å². The van der Waals surface area contributed by atoms with E-state index in [0.29, 0.717) is 12.6 Å². The van der Waals surface area contributed by atoms with Crippen molar-refractivity contribution in [1.29, 1.82) is 0 Å². The highest BCUT2D eigenvalue weighted by molar-refractivity contribution is 5.80. The third-order valence-electron chi connectivity index (χ3n) is 4.88. The molecule has 2 atom stereocenters. The average Bonchev–Trinajstić information content (AvgIpc) is 3.27. The normalized spacial score (nSPS) is 26.9. The van der Waals surface area contributed by atoms with Crippen LogP contribution in [0, 0.1) is 5.92 Å². The molecular weight excluding hydrogens is 264 g/mol. The number of hydrogen-bond acceptors (Lipinski definition) is 4. The lowest BCUT2D eigenvalue weighted by molar-refractivity contribution is -0.151. The molecule has 2 unspecified atom stereocenters. The van der Waals surface area contributed by atoms with Gasteiger partial charge in [0.05, 0.1) is 6.61 Å². The molecule has 4 nitrogen and oxygen atoms in total. The molecule has 1 aliphatic heterocycles. The number of hydrogen-bond donors (Lipinski definition) is 1. The average molecular weight is 296 g/mol. The second-order valence-corrected chi connectivity index (χ2v) is 6.95. The maximum atomic E-state index is 12.4. The Morgan fingerprint density at radius 1 is 1.24 bits per heavy atom. The number of esters is 1. The zero-order valence-corrected chi connectivity index (χ0v) is 14.0.